The summed E-state index contributed by atoms with van der Waals surface area (Å²) < 4.78 is 27.0. The van der Waals surface area contributed by atoms with Crippen molar-refractivity contribution in [2.24, 2.45) is 0 Å². The largest absolute Gasteiger partial charge is 0.322 e. The molecule has 0 fully saturated rings. The van der Waals surface area contributed by atoms with Crippen LogP contribution in [0.2, 0.25) is 5.02 Å². The number of nitrogens with zero attached hydrogens (tertiary/aromatic N) is 3. The highest BCUT2D eigenvalue weighted by atomic mass is 35.5. The van der Waals surface area contributed by atoms with Gasteiger partial charge < -0.3 is 5.32 Å². The van der Waals surface area contributed by atoms with Gasteiger partial charge in [0.15, 0.2) is 0 Å². The maximum atomic E-state index is 12.8. The third-order valence-corrected chi connectivity index (χ3v) is 6.44. The summed E-state index contributed by atoms with van der Waals surface area (Å²) in [5.74, 6) is -0.343. The molecular formula is C20H21ClN4O4S. The zero-order chi connectivity index (χ0) is 21.9. The predicted octanol–water partition coefficient (Wildman–Crippen LogP) is 3.52. The molecule has 1 N–H and O–H groups in total. The zero-order valence-corrected chi connectivity index (χ0v) is 18.2. The van der Waals surface area contributed by atoms with E-state index in [1.807, 2.05) is 19.1 Å². The van der Waals surface area contributed by atoms with Gasteiger partial charge in [0.05, 0.1) is 35.1 Å². The van der Waals surface area contributed by atoms with Gasteiger partial charge in [-0.2, -0.15) is 5.10 Å². The minimum Gasteiger partial charge on any atom is -0.322 e. The Morgan fingerprint density at radius 3 is 2.53 bits per heavy atom. The summed E-state index contributed by atoms with van der Waals surface area (Å²) in [6.45, 7) is 1.93. The molecule has 0 aliphatic heterocycles. The number of nitrogens with one attached hydrogen (secondary N) is 1. The van der Waals surface area contributed by atoms with Gasteiger partial charge in [0, 0.05) is 17.8 Å². The minimum atomic E-state index is -3.75. The number of carbonyl (C=O) groups is 1. The second-order valence-electron chi connectivity index (χ2n) is 6.33. The van der Waals surface area contributed by atoms with Gasteiger partial charge in [-0.25, -0.2) is 13.1 Å². The molecule has 0 atom stereocenters. The fourth-order valence-corrected chi connectivity index (χ4v) is 4.05. The van der Waals surface area contributed by atoms with E-state index in [1.165, 1.54) is 44.6 Å². The topological polar surface area (TPSA) is 93.5 Å². The summed E-state index contributed by atoms with van der Waals surface area (Å²) in [4.78, 5) is 17.6. The summed E-state index contributed by atoms with van der Waals surface area (Å²) in [5, 5.41) is 7.68. The summed E-state index contributed by atoms with van der Waals surface area (Å²) in [7, 11) is -1.19. The van der Waals surface area contributed by atoms with Gasteiger partial charge in [-0.3, -0.25) is 9.63 Å². The molecule has 0 saturated carbocycles. The van der Waals surface area contributed by atoms with Gasteiger partial charge in [-0.05, 0) is 48.9 Å². The number of carbonyl (C=O) groups excluding carboxylic acids is 1. The van der Waals surface area contributed by atoms with Crippen LogP contribution in [-0.2, 0) is 21.3 Å². The van der Waals surface area contributed by atoms with E-state index in [0.717, 1.165) is 15.8 Å². The SMILES string of the molecule is CCc1c(C(=O)Nc2ccc(S(=O)(=O)N(C)OC)cc2)cnn1-c1cccc(Cl)c1. The number of amides is 1. The molecule has 3 rings (SSSR count). The average Bonchev–Trinajstić information content (AvgIpc) is 3.17. The van der Waals surface area contributed by atoms with Gasteiger partial charge >= 0.3 is 0 Å². The Morgan fingerprint density at radius 2 is 1.93 bits per heavy atom. The molecule has 0 aliphatic rings. The molecule has 0 aliphatic carbocycles. The second kappa shape index (κ2) is 8.97. The molecule has 8 nitrogen and oxygen atoms in total. The first-order valence-corrected chi connectivity index (χ1v) is 10.9. The molecule has 1 aromatic heterocycles. The van der Waals surface area contributed by atoms with E-state index in [0.29, 0.717) is 22.7 Å². The van der Waals surface area contributed by atoms with Crippen molar-refractivity contribution in [3.05, 3.63) is 71.0 Å². The van der Waals surface area contributed by atoms with Gasteiger partial charge in [0.2, 0.25) is 0 Å². The molecule has 10 heteroatoms. The monoisotopic (exact) mass is 448 g/mol. The van der Waals surface area contributed by atoms with Crippen LogP contribution < -0.4 is 5.32 Å². The van der Waals surface area contributed by atoms with Crippen molar-refractivity contribution in [3.8, 4) is 5.69 Å². The molecule has 158 valence electrons. The first kappa shape index (κ1) is 22.0. The highest BCUT2D eigenvalue weighted by Crippen LogP contribution is 2.21. The fraction of sp³-hybridized carbons (Fsp3) is 0.200. The van der Waals surface area contributed by atoms with Crippen molar-refractivity contribution in [1.82, 2.24) is 14.2 Å². The first-order chi connectivity index (χ1) is 14.3. The highest BCUT2D eigenvalue weighted by molar-refractivity contribution is 7.89. The normalized spacial score (nSPS) is 11.6. The molecule has 1 heterocycles. The predicted molar refractivity (Wildman–Crippen MR) is 114 cm³/mol. The molecule has 0 bridgehead atoms. The fourth-order valence-electron chi connectivity index (χ4n) is 2.89. The zero-order valence-electron chi connectivity index (χ0n) is 16.7. The Balaban J connectivity index is 1.83. The van der Waals surface area contributed by atoms with E-state index >= 15 is 0 Å². The van der Waals surface area contributed by atoms with Crippen LogP contribution in [-0.4, -0.2) is 42.7 Å². The lowest BCUT2D eigenvalue weighted by molar-refractivity contribution is -0.0258. The molecule has 0 radical (unpaired) electrons. The number of hydrogen-bond donors (Lipinski definition) is 1. The number of sulfonamides is 1. The first-order valence-electron chi connectivity index (χ1n) is 9.05. The number of rotatable bonds is 7. The van der Waals surface area contributed by atoms with Crippen LogP contribution in [0.25, 0.3) is 5.69 Å². The maximum Gasteiger partial charge on any atom is 0.264 e. The molecular weight excluding hydrogens is 428 g/mol. The van der Waals surface area contributed by atoms with Crippen molar-refractivity contribution < 1.29 is 18.0 Å². The van der Waals surface area contributed by atoms with Crippen molar-refractivity contribution in [2.75, 3.05) is 19.5 Å². The van der Waals surface area contributed by atoms with E-state index in [1.54, 1.807) is 16.8 Å². The van der Waals surface area contributed by atoms with Crippen LogP contribution in [0.4, 0.5) is 5.69 Å². The minimum absolute atomic E-state index is 0.0490. The summed E-state index contributed by atoms with van der Waals surface area (Å²) >= 11 is 6.07. The van der Waals surface area contributed by atoms with Gasteiger partial charge in [-0.15, -0.1) is 0 Å². The van der Waals surface area contributed by atoms with Crippen LogP contribution in [0.15, 0.2) is 59.6 Å². The third kappa shape index (κ3) is 4.39. The van der Waals surface area contributed by atoms with Crippen molar-refractivity contribution in [2.45, 2.75) is 18.2 Å². The number of anilines is 1. The summed E-state index contributed by atoms with van der Waals surface area (Å²) in [6.07, 6.45) is 2.08. The second-order valence-corrected chi connectivity index (χ2v) is 8.70. The van der Waals surface area contributed by atoms with Crippen LogP contribution in [0, 0.1) is 0 Å². The van der Waals surface area contributed by atoms with Crippen LogP contribution in [0.1, 0.15) is 23.0 Å². The van der Waals surface area contributed by atoms with Crippen LogP contribution in [0.3, 0.4) is 0 Å². The molecule has 0 saturated heterocycles. The van der Waals surface area contributed by atoms with E-state index in [-0.39, 0.29) is 10.8 Å². The summed E-state index contributed by atoms with van der Waals surface area (Å²) in [6, 6.07) is 13.0. The number of hydroxylamine groups is 1. The van der Waals surface area contributed by atoms with E-state index in [2.05, 4.69) is 10.4 Å². The smallest absolute Gasteiger partial charge is 0.264 e. The van der Waals surface area contributed by atoms with Gasteiger partial charge in [0.1, 0.15) is 0 Å². The number of benzene rings is 2. The molecule has 0 spiro atoms. The van der Waals surface area contributed by atoms with Crippen LogP contribution in [0.5, 0.6) is 0 Å². The lowest BCUT2D eigenvalue weighted by Crippen LogP contribution is -2.25. The highest BCUT2D eigenvalue weighted by Gasteiger charge is 2.21. The maximum absolute atomic E-state index is 12.8. The lowest BCUT2D eigenvalue weighted by atomic mass is 10.2. The van der Waals surface area contributed by atoms with Crippen molar-refractivity contribution in [1.29, 1.82) is 0 Å². The third-order valence-electron chi connectivity index (χ3n) is 4.51. The lowest BCUT2D eigenvalue weighted by Gasteiger charge is -2.14. The molecule has 30 heavy (non-hydrogen) atoms. The summed E-state index contributed by atoms with van der Waals surface area (Å²) in [5.41, 5.74) is 2.37. The van der Waals surface area contributed by atoms with E-state index in [4.69, 9.17) is 16.4 Å². The van der Waals surface area contributed by atoms with E-state index in [9.17, 15) is 13.2 Å². The van der Waals surface area contributed by atoms with Crippen molar-refractivity contribution >= 4 is 33.2 Å². The Morgan fingerprint density at radius 1 is 1.23 bits per heavy atom. The molecule has 0 unspecified atom stereocenters. The average molecular weight is 449 g/mol. The van der Waals surface area contributed by atoms with Crippen LogP contribution >= 0.6 is 11.6 Å². The number of hydrogen-bond acceptors (Lipinski definition) is 5. The number of halogens is 1. The molecule has 3 aromatic rings. The van der Waals surface area contributed by atoms with Gasteiger partial charge in [-0.1, -0.05) is 29.1 Å². The standard InChI is InChI=1S/C20H21ClN4O4S/c1-4-19-18(13-22-25(19)16-7-5-6-14(21)12-16)20(26)23-15-8-10-17(11-9-15)30(27,28)24(2)29-3/h5-13H,4H2,1-3H3,(H,23,26). The quantitative estimate of drug-likeness (QED) is 0.558. The van der Waals surface area contributed by atoms with E-state index < -0.39 is 10.0 Å². The Bertz CT molecular complexity index is 1160. The Hall–Kier alpha value is -2.72. The molecule has 2 aromatic carbocycles. The Labute approximate surface area is 180 Å². The van der Waals surface area contributed by atoms with Gasteiger partial charge in [0.25, 0.3) is 15.9 Å². The molecule has 1 amide bonds. The van der Waals surface area contributed by atoms with Crippen molar-refractivity contribution in [3.63, 3.8) is 0 Å². The number of aromatic nitrogens is 2. The Kier molecular flexibility index (Phi) is 6.57.